The Morgan fingerprint density at radius 1 is 1.33 bits per heavy atom. The molecule has 0 aromatic carbocycles. The first-order valence-corrected chi connectivity index (χ1v) is 6.72. The maximum Gasteiger partial charge on any atom is 0.0123 e. The molecule has 1 fully saturated rings. The minimum absolute atomic E-state index is 0.551. The van der Waals surface area contributed by atoms with Crippen LogP contribution in [-0.2, 0) is 0 Å². The lowest BCUT2D eigenvalue weighted by atomic mass is 9.74. The average Bonchev–Trinajstić information content (AvgIpc) is 2.46. The van der Waals surface area contributed by atoms with Crippen molar-refractivity contribution in [2.75, 3.05) is 6.54 Å². The van der Waals surface area contributed by atoms with Crippen molar-refractivity contribution in [3.63, 3.8) is 0 Å². The van der Waals surface area contributed by atoms with Gasteiger partial charge in [0.25, 0.3) is 0 Å². The molecule has 1 aliphatic carbocycles. The van der Waals surface area contributed by atoms with Gasteiger partial charge in [-0.25, -0.2) is 0 Å². The van der Waals surface area contributed by atoms with Gasteiger partial charge in [-0.3, -0.25) is 0 Å². The molecule has 2 atom stereocenters. The highest BCUT2D eigenvalue weighted by atomic mass is 14.9. The molecule has 0 aromatic heterocycles. The molecule has 1 nitrogen and oxygen atoms in total. The van der Waals surface area contributed by atoms with Crippen molar-refractivity contribution in [2.45, 2.75) is 66.3 Å². The third kappa shape index (κ3) is 3.21. The minimum atomic E-state index is 0.551. The van der Waals surface area contributed by atoms with Gasteiger partial charge in [0.15, 0.2) is 0 Å². The van der Waals surface area contributed by atoms with Crippen molar-refractivity contribution in [1.29, 1.82) is 0 Å². The zero-order valence-electron chi connectivity index (χ0n) is 11.3. The normalized spacial score (nSPS) is 27.2. The Labute approximate surface area is 96.0 Å². The second kappa shape index (κ2) is 5.34. The van der Waals surface area contributed by atoms with E-state index in [1.807, 2.05) is 0 Å². The Morgan fingerprint density at radius 2 is 2.00 bits per heavy atom. The van der Waals surface area contributed by atoms with Crippen molar-refractivity contribution in [2.24, 2.45) is 17.3 Å². The Bertz CT molecular complexity index is 184. The second-order valence-electron chi connectivity index (χ2n) is 6.21. The Balaban J connectivity index is 2.62. The third-order valence-corrected chi connectivity index (χ3v) is 4.12. The highest BCUT2D eigenvalue weighted by molar-refractivity contribution is 4.93. The number of nitrogens with one attached hydrogen (secondary N) is 1. The molecule has 0 bridgehead atoms. The summed E-state index contributed by atoms with van der Waals surface area (Å²) in [6.07, 6.45) is 5.51. The zero-order chi connectivity index (χ0) is 11.5. The molecule has 1 saturated carbocycles. The summed E-state index contributed by atoms with van der Waals surface area (Å²) in [7, 11) is 0. The van der Waals surface area contributed by atoms with Crippen LogP contribution in [0.5, 0.6) is 0 Å². The van der Waals surface area contributed by atoms with Crippen LogP contribution in [0.2, 0.25) is 0 Å². The Hall–Kier alpha value is -0.0400. The van der Waals surface area contributed by atoms with Crippen molar-refractivity contribution < 1.29 is 0 Å². The molecule has 0 radical (unpaired) electrons. The molecule has 0 heterocycles. The summed E-state index contributed by atoms with van der Waals surface area (Å²) in [5, 5.41) is 3.77. The fourth-order valence-electron chi connectivity index (χ4n) is 3.17. The van der Waals surface area contributed by atoms with Crippen LogP contribution in [0.25, 0.3) is 0 Å². The van der Waals surface area contributed by atoms with Crippen LogP contribution in [0.4, 0.5) is 0 Å². The highest BCUT2D eigenvalue weighted by Crippen LogP contribution is 2.45. The van der Waals surface area contributed by atoms with E-state index in [0.717, 1.165) is 17.9 Å². The molecule has 0 amide bonds. The molecular weight excluding hydrogens is 182 g/mol. The second-order valence-corrected chi connectivity index (χ2v) is 6.21. The Kier molecular flexibility index (Phi) is 4.64. The predicted octanol–water partition coefficient (Wildman–Crippen LogP) is 3.84. The van der Waals surface area contributed by atoms with Gasteiger partial charge in [-0.2, -0.15) is 0 Å². The summed E-state index contributed by atoms with van der Waals surface area (Å²) in [5.74, 6) is 1.64. The van der Waals surface area contributed by atoms with E-state index in [1.54, 1.807) is 0 Å². The van der Waals surface area contributed by atoms with Gasteiger partial charge in [0, 0.05) is 6.04 Å². The molecule has 2 unspecified atom stereocenters. The lowest BCUT2D eigenvalue weighted by Gasteiger charge is -2.37. The van der Waals surface area contributed by atoms with Gasteiger partial charge in [0.2, 0.25) is 0 Å². The van der Waals surface area contributed by atoms with Crippen LogP contribution in [0.3, 0.4) is 0 Å². The maximum absolute atomic E-state index is 3.77. The quantitative estimate of drug-likeness (QED) is 0.728. The summed E-state index contributed by atoms with van der Waals surface area (Å²) >= 11 is 0. The predicted molar refractivity (Wildman–Crippen MR) is 68.0 cm³/mol. The number of hydrogen-bond acceptors (Lipinski definition) is 1. The zero-order valence-corrected chi connectivity index (χ0v) is 11.3. The molecule has 15 heavy (non-hydrogen) atoms. The molecule has 0 spiro atoms. The summed E-state index contributed by atoms with van der Waals surface area (Å²) in [6, 6.07) is 0.724. The van der Waals surface area contributed by atoms with Crippen LogP contribution in [0, 0.1) is 17.3 Å². The van der Waals surface area contributed by atoms with Crippen molar-refractivity contribution in [1.82, 2.24) is 5.32 Å². The Morgan fingerprint density at radius 3 is 2.40 bits per heavy atom. The van der Waals surface area contributed by atoms with Gasteiger partial charge in [-0.1, -0.05) is 41.0 Å². The lowest BCUT2D eigenvalue weighted by Crippen LogP contribution is -2.44. The molecule has 0 saturated heterocycles. The van der Waals surface area contributed by atoms with Crippen molar-refractivity contribution >= 4 is 0 Å². The minimum Gasteiger partial charge on any atom is -0.313 e. The topological polar surface area (TPSA) is 12.0 Å². The first-order chi connectivity index (χ1) is 6.99. The van der Waals surface area contributed by atoms with Crippen molar-refractivity contribution in [3.05, 3.63) is 0 Å². The number of rotatable bonds is 5. The van der Waals surface area contributed by atoms with Gasteiger partial charge in [0.05, 0.1) is 0 Å². The molecule has 0 aliphatic heterocycles. The van der Waals surface area contributed by atoms with Crippen LogP contribution < -0.4 is 5.32 Å². The largest absolute Gasteiger partial charge is 0.313 e. The van der Waals surface area contributed by atoms with Crippen LogP contribution in [0.15, 0.2) is 0 Å². The van der Waals surface area contributed by atoms with Gasteiger partial charge in [-0.15, -0.1) is 0 Å². The first kappa shape index (κ1) is 13.0. The van der Waals surface area contributed by atoms with Gasteiger partial charge >= 0.3 is 0 Å². The molecule has 0 aromatic rings. The SMILES string of the molecule is CCCNC(C(C)C)C1CCCC1(C)C. The molecule has 1 aliphatic rings. The van der Waals surface area contributed by atoms with Crippen LogP contribution in [0.1, 0.15) is 60.3 Å². The van der Waals surface area contributed by atoms with Gasteiger partial charge < -0.3 is 5.32 Å². The van der Waals surface area contributed by atoms with E-state index in [9.17, 15) is 0 Å². The fourth-order valence-corrected chi connectivity index (χ4v) is 3.17. The summed E-state index contributed by atoms with van der Waals surface area (Å²) in [5.41, 5.74) is 0.551. The van der Waals surface area contributed by atoms with Gasteiger partial charge in [-0.05, 0) is 43.1 Å². The summed E-state index contributed by atoms with van der Waals surface area (Å²) in [6.45, 7) is 13.1. The van der Waals surface area contributed by atoms with Crippen molar-refractivity contribution in [3.8, 4) is 0 Å². The van der Waals surface area contributed by atoms with E-state index in [0.29, 0.717) is 5.41 Å². The molecule has 90 valence electrons. The van der Waals surface area contributed by atoms with E-state index in [2.05, 4.69) is 39.9 Å². The highest BCUT2D eigenvalue weighted by Gasteiger charge is 2.40. The van der Waals surface area contributed by atoms with E-state index in [4.69, 9.17) is 0 Å². The summed E-state index contributed by atoms with van der Waals surface area (Å²) in [4.78, 5) is 0. The molecule has 1 rings (SSSR count). The lowest BCUT2D eigenvalue weighted by molar-refractivity contribution is 0.165. The average molecular weight is 211 g/mol. The standard InChI is InChI=1S/C14H29N/c1-6-10-15-13(11(2)3)12-8-7-9-14(12,4)5/h11-13,15H,6-10H2,1-5H3. The maximum atomic E-state index is 3.77. The number of hydrogen-bond donors (Lipinski definition) is 1. The summed E-state index contributed by atoms with van der Waals surface area (Å²) < 4.78 is 0. The third-order valence-electron chi connectivity index (χ3n) is 4.12. The molecule has 1 heteroatoms. The van der Waals surface area contributed by atoms with Gasteiger partial charge in [0.1, 0.15) is 0 Å². The van der Waals surface area contributed by atoms with E-state index in [-0.39, 0.29) is 0 Å². The van der Waals surface area contributed by atoms with E-state index in [1.165, 1.54) is 32.2 Å². The molecule has 1 N–H and O–H groups in total. The fraction of sp³-hybridized carbons (Fsp3) is 1.00. The molecular formula is C14H29N. The smallest absolute Gasteiger partial charge is 0.0123 e. The van der Waals surface area contributed by atoms with E-state index < -0.39 is 0 Å². The first-order valence-electron chi connectivity index (χ1n) is 6.72. The monoisotopic (exact) mass is 211 g/mol. The van der Waals surface area contributed by atoms with E-state index >= 15 is 0 Å². The van der Waals surface area contributed by atoms with Crippen LogP contribution >= 0.6 is 0 Å². The van der Waals surface area contributed by atoms with Crippen LogP contribution in [-0.4, -0.2) is 12.6 Å².